The van der Waals surface area contributed by atoms with Gasteiger partial charge in [0, 0.05) is 14.8 Å². The Balaban J connectivity index is 2.17. The first-order valence-corrected chi connectivity index (χ1v) is 6.74. The molecule has 90 valence electrons. The zero-order valence-corrected chi connectivity index (χ0v) is 11.0. The number of anilines is 1. The number of hydrogen-bond acceptors (Lipinski definition) is 2. The Morgan fingerprint density at radius 1 is 1.17 bits per heavy atom. The van der Waals surface area contributed by atoms with Crippen molar-refractivity contribution in [1.82, 2.24) is 0 Å². The molecule has 0 fully saturated rings. The quantitative estimate of drug-likeness (QED) is 0.734. The third-order valence-electron chi connectivity index (χ3n) is 2.89. The summed E-state index contributed by atoms with van der Waals surface area (Å²) in [7, 11) is 0. The average molecular weight is 276 g/mol. The lowest BCUT2D eigenvalue weighted by molar-refractivity contribution is -0.107. The van der Waals surface area contributed by atoms with Crippen molar-refractivity contribution in [3.63, 3.8) is 0 Å². The molecule has 0 atom stereocenters. The highest BCUT2D eigenvalue weighted by Crippen LogP contribution is 2.41. The minimum absolute atomic E-state index is 0.583. The molecule has 0 aliphatic carbocycles. The third-order valence-corrected chi connectivity index (χ3v) is 4.31. The van der Waals surface area contributed by atoms with Crippen molar-refractivity contribution in [2.45, 2.75) is 16.3 Å². The molecule has 1 aliphatic heterocycles. The number of benzene rings is 2. The average Bonchev–Trinajstić information content (AvgIpc) is 2.54. The van der Waals surface area contributed by atoms with E-state index in [4.69, 9.17) is 11.6 Å². The second-order valence-electron chi connectivity index (χ2n) is 4.06. The highest BCUT2D eigenvalue weighted by atomic mass is 35.5. The van der Waals surface area contributed by atoms with Crippen LogP contribution >= 0.6 is 23.4 Å². The lowest BCUT2D eigenvalue weighted by Crippen LogP contribution is -2.20. The van der Waals surface area contributed by atoms with Crippen LogP contribution in [-0.2, 0) is 11.3 Å². The molecule has 0 bridgehead atoms. The monoisotopic (exact) mass is 275 g/mol. The van der Waals surface area contributed by atoms with Gasteiger partial charge in [0.1, 0.15) is 0 Å². The molecule has 1 heterocycles. The largest absolute Gasteiger partial charge is 0.309 e. The van der Waals surface area contributed by atoms with Crippen molar-refractivity contribution in [3.05, 3.63) is 53.1 Å². The summed E-state index contributed by atoms with van der Waals surface area (Å²) in [5.41, 5.74) is 2.03. The first-order valence-electron chi connectivity index (χ1n) is 5.55. The molecule has 0 unspecified atom stereocenters. The van der Waals surface area contributed by atoms with Crippen molar-refractivity contribution >= 4 is 35.5 Å². The van der Waals surface area contributed by atoms with Crippen molar-refractivity contribution in [2.75, 3.05) is 4.90 Å². The predicted octanol–water partition coefficient (Wildman–Crippen LogP) is 3.97. The molecule has 4 heteroatoms. The van der Waals surface area contributed by atoms with Gasteiger partial charge < -0.3 is 4.90 Å². The Morgan fingerprint density at radius 2 is 2.00 bits per heavy atom. The zero-order chi connectivity index (χ0) is 12.5. The molecule has 2 aromatic rings. The number of hydrogen-bond donors (Lipinski definition) is 0. The maximum absolute atomic E-state index is 11.3. The standard InChI is InChI=1S/C14H10ClNOS/c15-11-5-6-14-12(7-11)16(9-17)8-10-3-1-2-4-13(10)18-14/h1-7,9H,8H2. The van der Waals surface area contributed by atoms with Gasteiger partial charge in [-0.15, -0.1) is 0 Å². The topological polar surface area (TPSA) is 20.3 Å². The summed E-state index contributed by atoms with van der Waals surface area (Å²) < 4.78 is 0. The Hall–Kier alpha value is -1.45. The number of carbonyl (C=O) groups is 1. The first-order chi connectivity index (χ1) is 8.78. The van der Waals surface area contributed by atoms with E-state index in [-0.39, 0.29) is 0 Å². The molecule has 0 spiro atoms. The fourth-order valence-corrected chi connectivity index (χ4v) is 3.25. The van der Waals surface area contributed by atoms with Crippen molar-refractivity contribution in [1.29, 1.82) is 0 Å². The second-order valence-corrected chi connectivity index (χ2v) is 5.58. The second kappa shape index (κ2) is 4.67. The smallest absolute Gasteiger partial charge is 0.214 e. The summed E-state index contributed by atoms with van der Waals surface area (Å²) in [5.74, 6) is 0. The number of rotatable bonds is 1. The lowest BCUT2D eigenvalue weighted by Gasteiger charge is -2.17. The molecular formula is C14H10ClNOS. The molecule has 0 radical (unpaired) electrons. The van der Waals surface area contributed by atoms with Crippen molar-refractivity contribution in [2.24, 2.45) is 0 Å². The fourth-order valence-electron chi connectivity index (χ4n) is 2.02. The SMILES string of the molecule is O=CN1Cc2ccccc2Sc2ccc(Cl)cc21. The van der Waals surface area contributed by atoms with Gasteiger partial charge >= 0.3 is 0 Å². The van der Waals surface area contributed by atoms with Crippen molar-refractivity contribution < 1.29 is 4.79 Å². The van der Waals surface area contributed by atoms with Crippen LogP contribution in [0.5, 0.6) is 0 Å². The van der Waals surface area contributed by atoms with E-state index in [0.29, 0.717) is 11.6 Å². The van der Waals surface area contributed by atoms with Crippen LogP contribution in [0.4, 0.5) is 5.69 Å². The van der Waals surface area contributed by atoms with Gasteiger partial charge in [-0.05, 0) is 29.8 Å². The molecule has 0 N–H and O–H groups in total. The van der Waals surface area contributed by atoms with E-state index >= 15 is 0 Å². The third kappa shape index (κ3) is 2.00. The predicted molar refractivity (Wildman–Crippen MR) is 74.3 cm³/mol. The number of halogens is 1. The normalized spacial score (nSPS) is 13.5. The maximum Gasteiger partial charge on any atom is 0.214 e. The molecular weight excluding hydrogens is 266 g/mol. The molecule has 1 aliphatic rings. The maximum atomic E-state index is 11.3. The van der Waals surface area contributed by atoms with Crippen molar-refractivity contribution in [3.8, 4) is 0 Å². The van der Waals surface area contributed by atoms with Gasteiger partial charge in [0.25, 0.3) is 0 Å². The van der Waals surface area contributed by atoms with Crippen LogP contribution in [0.25, 0.3) is 0 Å². The van der Waals surface area contributed by atoms with Gasteiger partial charge in [-0.25, -0.2) is 0 Å². The Labute approximate surface area is 115 Å². The Morgan fingerprint density at radius 3 is 2.83 bits per heavy atom. The van der Waals surface area contributed by atoms with Crippen LogP contribution in [0.1, 0.15) is 5.56 Å². The Bertz CT molecular complexity index is 614. The van der Waals surface area contributed by atoms with E-state index in [1.54, 1.807) is 16.7 Å². The zero-order valence-electron chi connectivity index (χ0n) is 9.47. The molecule has 3 rings (SSSR count). The van der Waals surface area contributed by atoms with Crippen LogP contribution in [0.2, 0.25) is 5.02 Å². The molecule has 0 aromatic heterocycles. The van der Waals surface area contributed by atoms with Gasteiger partial charge in [-0.3, -0.25) is 4.79 Å². The van der Waals surface area contributed by atoms with E-state index in [9.17, 15) is 4.79 Å². The highest BCUT2D eigenvalue weighted by Gasteiger charge is 2.19. The summed E-state index contributed by atoms with van der Waals surface area (Å²) in [6.07, 6.45) is 0.859. The van der Waals surface area contributed by atoms with E-state index in [0.717, 1.165) is 22.6 Å². The van der Waals surface area contributed by atoms with E-state index in [1.165, 1.54) is 4.90 Å². The number of nitrogens with zero attached hydrogens (tertiary/aromatic N) is 1. The minimum Gasteiger partial charge on any atom is -0.309 e. The Kier molecular flexibility index (Phi) is 3.02. The van der Waals surface area contributed by atoms with Gasteiger partial charge in [0.05, 0.1) is 12.2 Å². The minimum atomic E-state index is 0.583. The van der Waals surface area contributed by atoms with Crippen LogP contribution in [0, 0.1) is 0 Å². The van der Waals surface area contributed by atoms with Crippen LogP contribution in [0.3, 0.4) is 0 Å². The van der Waals surface area contributed by atoms with E-state index < -0.39 is 0 Å². The number of fused-ring (bicyclic) bond motifs is 2. The van der Waals surface area contributed by atoms with E-state index in [1.807, 2.05) is 36.4 Å². The van der Waals surface area contributed by atoms with Gasteiger partial charge in [-0.2, -0.15) is 0 Å². The fraction of sp³-hybridized carbons (Fsp3) is 0.0714. The summed E-state index contributed by atoms with van der Waals surface area (Å²) in [6, 6.07) is 13.8. The first kappa shape index (κ1) is 11.6. The molecule has 18 heavy (non-hydrogen) atoms. The van der Waals surface area contributed by atoms with Crippen LogP contribution < -0.4 is 4.90 Å². The number of carbonyl (C=O) groups excluding carboxylic acids is 1. The molecule has 2 nitrogen and oxygen atoms in total. The molecule has 1 amide bonds. The summed E-state index contributed by atoms with van der Waals surface area (Å²) in [5, 5.41) is 0.646. The summed E-state index contributed by atoms with van der Waals surface area (Å²) in [6.45, 7) is 0.583. The summed E-state index contributed by atoms with van der Waals surface area (Å²) >= 11 is 7.68. The van der Waals surface area contributed by atoms with Crippen LogP contribution in [-0.4, -0.2) is 6.41 Å². The van der Waals surface area contributed by atoms with Crippen LogP contribution in [0.15, 0.2) is 52.3 Å². The van der Waals surface area contributed by atoms with Gasteiger partial charge in [-0.1, -0.05) is 41.6 Å². The molecule has 0 saturated heterocycles. The van der Waals surface area contributed by atoms with E-state index in [2.05, 4.69) is 6.07 Å². The van der Waals surface area contributed by atoms with Gasteiger partial charge in [0.2, 0.25) is 6.41 Å². The molecule has 2 aromatic carbocycles. The highest BCUT2D eigenvalue weighted by molar-refractivity contribution is 7.99. The molecule has 0 saturated carbocycles. The lowest BCUT2D eigenvalue weighted by atomic mass is 10.2. The van der Waals surface area contributed by atoms with Gasteiger partial charge in [0.15, 0.2) is 0 Å². The number of amides is 1. The summed E-state index contributed by atoms with van der Waals surface area (Å²) in [4.78, 5) is 15.2.